The van der Waals surface area contributed by atoms with Crippen LogP contribution < -0.4 is 5.32 Å². The van der Waals surface area contributed by atoms with Crippen LogP contribution in [0.3, 0.4) is 0 Å². The van der Waals surface area contributed by atoms with Gasteiger partial charge in [-0.2, -0.15) is 0 Å². The van der Waals surface area contributed by atoms with Crippen molar-refractivity contribution in [1.29, 1.82) is 0 Å². The normalized spacial score (nSPS) is 14.9. The Kier molecular flexibility index (Phi) is 3.62. The Bertz CT molecular complexity index is 534. The van der Waals surface area contributed by atoms with Crippen LogP contribution in [0.15, 0.2) is 42.5 Å². The van der Waals surface area contributed by atoms with E-state index in [1.54, 1.807) is 13.0 Å². The molecule has 1 nitrogen and oxygen atoms in total. The first-order chi connectivity index (χ1) is 8.59. The topological polar surface area (TPSA) is 12.0 Å². The number of hydrogen-bond donors (Lipinski definition) is 1. The van der Waals surface area contributed by atoms with Crippen LogP contribution in [0.5, 0.6) is 0 Å². The van der Waals surface area contributed by atoms with Crippen molar-refractivity contribution >= 4 is 10.8 Å². The molecule has 0 bridgehead atoms. The Labute approximate surface area is 106 Å². The largest absolute Gasteiger partial charge is 0.303 e. The number of hydrogen-bond acceptors (Lipinski definition) is 1. The van der Waals surface area contributed by atoms with Crippen LogP contribution in [-0.4, -0.2) is 13.0 Å². The Balaban J connectivity index is 2.64. The summed E-state index contributed by atoms with van der Waals surface area (Å²) in [5.41, 5.74) is -0.659. The van der Waals surface area contributed by atoms with Crippen LogP contribution >= 0.6 is 0 Å². The summed E-state index contributed by atoms with van der Waals surface area (Å²) < 4.78 is 26.8. The summed E-state index contributed by atoms with van der Waals surface area (Å²) in [4.78, 5) is 0. The number of fused-ring (bicyclic) bond motifs is 1. The molecule has 96 valence electrons. The van der Waals surface area contributed by atoms with E-state index in [0.29, 0.717) is 12.1 Å². The molecule has 0 saturated heterocycles. The third-order valence-electron chi connectivity index (χ3n) is 3.33. The summed E-state index contributed by atoms with van der Waals surface area (Å²) in [5, 5.41) is 4.78. The van der Waals surface area contributed by atoms with Crippen LogP contribution in [0.25, 0.3) is 10.8 Å². The van der Waals surface area contributed by atoms with Gasteiger partial charge in [0.15, 0.2) is 0 Å². The van der Waals surface area contributed by atoms with Gasteiger partial charge in [0.2, 0.25) is 0 Å². The highest BCUT2D eigenvalue weighted by molar-refractivity contribution is 5.86. The molecule has 0 amide bonds. The molecule has 0 heterocycles. The second-order valence-corrected chi connectivity index (χ2v) is 4.56. The Morgan fingerprint density at radius 1 is 1.11 bits per heavy atom. The van der Waals surface area contributed by atoms with Gasteiger partial charge in [0, 0.05) is 0 Å². The van der Waals surface area contributed by atoms with Gasteiger partial charge in [-0.1, -0.05) is 49.4 Å². The maximum absolute atomic E-state index is 13.4. The molecule has 18 heavy (non-hydrogen) atoms. The second kappa shape index (κ2) is 5.02. The predicted molar refractivity (Wildman–Crippen MR) is 71.0 cm³/mol. The van der Waals surface area contributed by atoms with Gasteiger partial charge in [-0.3, -0.25) is 0 Å². The lowest BCUT2D eigenvalue weighted by Gasteiger charge is -2.31. The van der Waals surface area contributed by atoms with E-state index in [1.807, 2.05) is 43.3 Å². The van der Waals surface area contributed by atoms with Gasteiger partial charge in [-0.05, 0) is 29.8 Å². The zero-order valence-corrected chi connectivity index (χ0v) is 10.6. The second-order valence-electron chi connectivity index (χ2n) is 4.56. The third kappa shape index (κ3) is 2.10. The minimum Gasteiger partial charge on any atom is -0.303 e. The molecule has 3 heteroatoms. The smallest absolute Gasteiger partial charge is 0.260 e. The Hall–Kier alpha value is -1.48. The van der Waals surface area contributed by atoms with Crippen LogP contribution in [0.1, 0.15) is 19.4 Å². The molecule has 2 aromatic rings. The first kappa shape index (κ1) is 13.0. The van der Waals surface area contributed by atoms with Crippen molar-refractivity contribution in [2.75, 3.05) is 6.54 Å². The number of halogens is 2. The number of alkyl halides is 2. The fraction of sp³-hybridized carbons (Fsp3) is 0.333. The summed E-state index contributed by atoms with van der Waals surface area (Å²) in [7, 11) is 0. The van der Waals surface area contributed by atoms with E-state index < -0.39 is 12.0 Å². The predicted octanol–water partition coefficient (Wildman–Crippen LogP) is 3.93. The van der Waals surface area contributed by atoms with Crippen molar-refractivity contribution in [1.82, 2.24) is 5.32 Å². The zero-order chi connectivity index (χ0) is 13.2. The summed E-state index contributed by atoms with van der Waals surface area (Å²) in [6.45, 7) is 3.90. The molecule has 0 aliphatic rings. The van der Waals surface area contributed by atoms with Crippen LogP contribution in [0.4, 0.5) is 8.78 Å². The van der Waals surface area contributed by atoms with Crippen molar-refractivity contribution in [3.8, 4) is 0 Å². The molecule has 0 spiro atoms. The third-order valence-corrected chi connectivity index (χ3v) is 3.33. The first-order valence-electron chi connectivity index (χ1n) is 6.11. The molecule has 0 radical (unpaired) electrons. The van der Waals surface area contributed by atoms with E-state index in [-0.39, 0.29) is 0 Å². The van der Waals surface area contributed by atoms with Gasteiger partial charge in [0.25, 0.3) is 6.43 Å². The minimum absolute atomic E-state index is 0.504. The fourth-order valence-electron chi connectivity index (χ4n) is 2.34. The Morgan fingerprint density at radius 3 is 2.44 bits per heavy atom. The summed E-state index contributed by atoms with van der Waals surface area (Å²) in [6.07, 6.45) is -2.46. The molecule has 0 fully saturated rings. The van der Waals surface area contributed by atoms with E-state index in [0.717, 1.165) is 10.8 Å². The van der Waals surface area contributed by atoms with Crippen molar-refractivity contribution in [2.45, 2.75) is 25.8 Å². The summed E-state index contributed by atoms with van der Waals surface area (Å²) in [5.74, 6) is 0. The van der Waals surface area contributed by atoms with Crippen molar-refractivity contribution < 1.29 is 8.78 Å². The number of rotatable bonds is 4. The highest BCUT2D eigenvalue weighted by atomic mass is 19.3. The highest BCUT2D eigenvalue weighted by Crippen LogP contribution is 2.33. The number of nitrogens with one attached hydrogen (secondary N) is 1. The van der Waals surface area contributed by atoms with E-state index >= 15 is 0 Å². The zero-order valence-electron chi connectivity index (χ0n) is 10.6. The molecule has 2 aromatic carbocycles. The molecule has 1 unspecified atom stereocenters. The van der Waals surface area contributed by atoms with Gasteiger partial charge in [-0.25, -0.2) is 8.78 Å². The fourth-order valence-corrected chi connectivity index (χ4v) is 2.34. The SMILES string of the molecule is CCNC(C)(c1cccc2ccccc12)C(F)F. The van der Waals surface area contributed by atoms with E-state index in [9.17, 15) is 8.78 Å². The van der Waals surface area contributed by atoms with E-state index in [1.165, 1.54) is 0 Å². The lowest BCUT2D eigenvalue weighted by atomic mass is 9.88. The minimum atomic E-state index is -2.46. The van der Waals surface area contributed by atoms with Gasteiger partial charge < -0.3 is 5.32 Å². The van der Waals surface area contributed by atoms with Gasteiger partial charge >= 0.3 is 0 Å². The molecule has 0 saturated carbocycles. The maximum atomic E-state index is 13.4. The average molecular weight is 249 g/mol. The molecule has 2 rings (SSSR count). The lowest BCUT2D eigenvalue weighted by Crippen LogP contribution is -2.45. The average Bonchev–Trinajstić information content (AvgIpc) is 2.38. The van der Waals surface area contributed by atoms with Crippen molar-refractivity contribution in [2.24, 2.45) is 0 Å². The lowest BCUT2D eigenvalue weighted by molar-refractivity contribution is 0.0403. The van der Waals surface area contributed by atoms with E-state index in [2.05, 4.69) is 5.32 Å². The molecule has 1 atom stereocenters. The molecule has 0 aromatic heterocycles. The van der Waals surface area contributed by atoms with Gasteiger partial charge in [0.05, 0.1) is 0 Å². The quantitative estimate of drug-likeness (QED) is 0.865. The number of benzene rings is 2. The summed E-state index contributed by atoms with van der Waals surface area (Å²) in [6, 6.07) is 13.2. The summed E-state index contributed by atoms with van der Waals surface area (Å²) >= 11 is 0. The van der Waals surface area contributed by atoms with Crippen molar-refractivity contribution in [3.63, 3.8) is 0 Å². The van der Waals surface area contributed by atoms with Gasteiger partial charge in [-0.15, -0.1) is 0 Å². The maximum Gasteiger partial charge on any atom is 0.260 e. The van der Waals surface area contributed by atoms with Crippen LogP contribution in [0.2, 0.25) is 0 Å². The molecule has 1 N–H and O–H groups in total. The monoisotopic (exact) mass is 249 g/mol. The highest BCUT2D eigenvalue weighted by Gasteiger charge is 2.36. The van der Waals surface area contributed by atoms with Crippen molar-refractivity contribution in [3.05, 3.63) is 48.0 Å². The van der Waals surface area contributed by atoms with E-state index in [4.69, 9.17) is 0 Å². The van der Waals surface area contributed by atoms with Crippen LogP contribution in [0, 0.1) is 0 Å². The van der Waals surface area contributed by atoms with Gasteiger partial charge in [0.1, 0.15) is 5.54 Å². The molecule has 0 aliphatic heterocycles. The standard InChI is InChI=1S/C15H17F2N/c1-3-18-15(2,14(16)17)13-10-6-8-11-7-4-5-9-12(11)13/h4-10,14,18H,3H2,1-2H3. The van der Waals surface area contributed by atoms with Crippen LogP contribution in [-0.2, 0) is 5.54 Å². The molecular weight excluding hydrogens is 232 g/mol. The molecular formula is C15H17F2N. The Morgan fingerprint density at radius 2 is 1.78 bits per heavy atom. The molecule has 0 aliphatic carbocycles. The first-order valence-corrected chi connectivity index (χ1v) is 6.11.